The molecule has 134 valence electrons. The molecule has 0 aliphatic carbocycles. The number of amides is 1. The Labute approximate surface area is 139 Å². The van der Waals surface area contributed by atoms with Gasteiger partial charge in [-0.05, 0) is 50.9 Å². The maximum absolute atomic E-state index is 13.3. The van der Waals surface area contributed by atoms with E-state index in [-0.39, 0.29) is 35.8 Å². The first-order chi connectivity index (χ1) is 11.3. The second-order valence-electron chi connectivity index (χ2n) is 6.24. The molecule has 0 aromatic heterocycles. The standard InChI is InChI=1S/C17H23F3N2O2/c1-11(2)24-14-6-5-12(15(8-14)17(18,19)20)10-22-16(23)13-4-3-7-21-9-13/h5-6,8,11,13,21H,3-4,7,9-10H2,1-2H3,(H,22,23). The number of ether oxygens (including phenoxy) is 1. The monoisotopic (exact) mass is 344 g/mol. The van der Waals surface area contributed by atoms with Crippen molar-refractivity contribution in [2.75, 3.05) is 13.1 Å². The molecule has 7 heteroatoms. The zero-order chi connectivity index (χ0) is 17.7. The molecule has 0 radical (unpaired) electrons. The molecule has 1 heterocycles. The van der Waals surface area contributed by atoms with Crippen molar-refractivity contribution >= 4 is 5.91 Å². The fraction of sp³-hybridized carbons (Fsp3) is 0.588. The van der Waals surface area contributed by atoms with Gasteiger partial charge in [-0.2, -0.15) is 13.2 Å². The summed E-state index contributed by atoms with van der Waals surface area (Å²) in [5.41, 5.74) is -0.738. The zero-order valence-corrected chi connectivity index (χ0v) is 13.9. The molecule has 1 saturated heterocycles. The number of halogens is 3. The summed E-state index contributed by atoms with van der Waals surface area (Å²) in [6, 6.07) is 3.85. The maximum atomic E-state index is 13.3. The number of alkyl halides is 3. The molecule has 1 aromatic rings. The Morgan fingerprint density at radius 1 is 1.42 bits per heavy atom. The molecule has 1 fully saturated rings. The highest BCUT2D eigenvalue weighted by Crippen LogP contribution is 2.34. The first-order valence-corrected chi connectivity index (χ1v) is 8.12. The summed E-state index contributed by atoms with van der Waals surface area (Å²) in [7, 11) is 0. The number of piperidine rings is 1. The summed E-state index contributed by atoms with van der Waals surface area (Å²) in [5, 5.41) is 5.74. The minimum atomic E-state index is -4.50. The third-order valence-corrected chi connectivity index (χ3v) is 3.88. The van der Waals surface area contributed by atoms with E-state index in [4.69, 9.17) is 4.74 Å². The van der Waals surface area contributed by atoms with Crippen molar-refractivity contribution in [1.29, 1.82) is 0 Å². The average molecular weight is 344 g/mol. The van der Waals surface area contributed by atoms with Gasteiger partial charge in [-0.3, -0.25) is 4.79 Å². The largest absolute Gasteiger partial charge is 0.491 e. The Balaban J connectivity index is 2.09. The number of rotatable bonds is 5. The molecule has 2 N–H and O–H groups in total. The van der Waals surface area contributed by atoms with Crippen LogP contribution in [0.15, 0.2) is 18.2 Å². The summed E-state index contributed by atoms with van der Waals surface area (Å²) in [4.78, 5) is 12.1. The first-order valence-electron chi connectivity index (χ1n) is 8.12. The van der Waals surface area contributed by atoms with Gasteiger partial charge in [0.25, 0.3) is 0 Å². The van der Waals surface area contributed by atoms with E-state index in [2.05, 4.69) is 10.6 Å². The Bertz CT molecular complexity index is 567. The maximum Gasteiger partial charge on any atom is 0.416 e. The van der Waals surface area contributed by atoms with Crippen molar-refractivity contribution in [3.8, 4) is 5.75 Å². The predicted molar refractivity (Wildman–Crippen MR) is 84.6 cm³/mol. The van der Waals surface area contributed by atoms with Gasteiger partial charge in [0.2, 0.25) is 5.91 Å². The van der Waals surface area contributed by atoms with Crippen LogP contribution in [0.25, 0.3) is 0 Å². The molecule has 4 nitrogen and oxygen atoms in total. The van der Waals surface area contributed by atoms with Crippen molar-refractivity contribution in [1.82, 2.24) is 10.6 Å². The number of carbonyl (C=O) groups is 1. The molecule has 1 aliphatic rings. The lowest BCUT2D eigenvalue weighted by Crippen LogP contribution is -2.40. The number of carbonyl (C=O) groups excluding carboxylic acids is 1. The van der Waals surface area contributed by atoms with Gasteiger partial charge in [0.05, 0.1) is 17.6 Å². The fourth-order valence-electron chi connectivity index (χ4n) is 2.72. The van der Waals surface area contributed by atoms with E-state index in [1.807, 2.05) is 0 Å². The molecule has 1 amide bonds. The van der Waals surface area contributed by atoms with Gasteiger partial charge >= 0.3 is 6.18 Å². The third-order valence-electron chi connectivity index (χ3n) is 3.88. The Hall–Kier alpha value is -1.76. The second kappa shape index (κ2) is 7.88. The summed E-state index contributed by atoms with van der Waals surface area (Å²) in [6.45, 7) is 4.80. The van der Waals surface area contributed by atoms with Crippen molar-refractivity contribution in [3.63, 3.8) is 0 Å². The van der Waals surface area contributed by atoms with E-state index in [1.54, 1.807) is 13.8 Å². The Kier molecular flexibility index (Phi) is 6.10. The van der Waals surface area contributed by atoms with E-state index in [9.17, 15) is 18.0 Å². The Morgan fingerprint density at radius 3 is 2.75 bits per heavy atom. The molecular formula is C17H23F3N2O2. The van der Waals surface area contributed by atoms with E-state index in [0.717, 1.165) is 25.5 Å². The first kappa shape index (κ1) is 18.6. The lowest BCUT2D eigenvalue weighted by molar-refractivity contribution is -0.138. The van der Waals surface area contributed by atoms with Gasteiger partial charge in [-0.25, -0.2) is 0 Å². The van der Waals surface area contributed by atoms with Crippen LogP contribution in [0.4, 0.5) is 13.2 Å². The number of benzene rings is 1. The SMILES string of the molecule is CC(C)Oc1ccc(CNC(=O)C2CCCNC2)c(C(F)(F)F)c1. The highest BCUT2D eigenvalue weighted by molar-refractivity contribution is 5.79. The van der Waals surface area contributed by atoms with Crippen LogP contribution in [0, 0.1) is 5.92 Å². The van der Waals surface area contributed by atoms with Gasteiger partial charge in [-0.1, -0.05) is 6.07 Å². The molecule has 1 unspecified atom stereocenters. The van der Waals surface area contributed by atoms with E-state index >= 15 is 0 Å². The molecule has 2 rings (SSSR count). The summed E-state index contributed by atoms with van der Waals surface area (Å²) >= 11 is 0. The van der Waals surface area contributed by atoms with Gasteiger partial charge in [0.1, 0.15) is 5.75 Å². The molecule has 24 heavy (non-hydrogen) atoms. The highest BCUT2D eigenvalue weighted by Gasteiger charge is 2.34. The van der Waals surface area contributed by atoms with Crippen LogP contribution in [0.5, 0.6) is 5.75 Å². The number of hydrogen-bond donors (Lipinski definition) is 2. The fourth-order valence-corrected chi connectivity index (χ4v) is 2.72. The second-order valence-corrected chi connectivity index (χ2v) is 6.24. The van der Waals surface area contributed by atoms with Crippen LogP contribution < -0.4 is 15.4 Å². The topological polar surface area (TPSA) is 50.4 Å². The minimum absolute atomic E-state index is 0.0377. The number of nitrogens with one attached hydrogen (secondary N) is 2. The van der Waals surface area contributed by atoms with Crippen LogP contribution in [-0.4, -0.2) is 25.1 Å². The van der Waals surface area contributed by atoms with Crippen LogP contribution in [-0.2, 0) is 17.5 Å². The summed E-state index contributed by atoms with van der Waals surface area (Å²) in [5.74, 6) is -0.224. The smallest absolute Gasteiger partial charge is 0.416 e. The van der Waals surface area contributed by atoms with Gasteiger partial charge in [0.15, 0.2) is 0 Å². The quantitative estimate of drug-likeness (QED) is 0.863. The Morgan fingerprint density at radius 2 is 2.17 bits per heavy atom. The van der Waals surface area contributed by atoms with Crippen molar-refractivity contribution in [2.24, 2.45) is 5.92 Å². The van der Waals surface area contributed by atoms with Crippen LogP contribution in [0.3, 0.4) is 0 Å². The molecule has 1 aliphatic heterocycles. The predicted octanol–water partition coefficient (Wildman–Crippen LogP) is 3.11. The van der Waals surface area contributed by atoms with Crippen LogP contribution >= 0.6 is 0 Å². The van der Waals surface area contributed by atoms with Gasteiger partial charge in [0, 0.05) is 13.1 Å². The molecule has 1 atom stereocenters. The molecular weight excluding hydrogens is 321 g/mol. The minimum Gasteiger partial charge on any atom is -0.491 e. The zero-order valence-electron chi connectivity index (χ0n) is 13.9. The average Bonchev–Trinajstić information content (AvgIpc) is 2.52. The van der Waals surface area contributed by atoms with E-state index < -0.39 is 11.7 Å². The molecule has 0 saturated carbocycles. The van der Waals surface area contributed by atoms with Crippen LogP contribution in [0.2, 0.25) is 0 Å². The summed E-state index contributed by atoms with van der Waals surface area (Å²) < 4.78 is 45.1. The molecule has 1 aromatic carbocycles. The van der Waals surface area contributed by atoms with Crippen LogP contribution in [0.1, 0.15) is 37.8 Å². The van der Waals surface area contributed by atoms with Gasteiger partial charge in [-0.15, -0.1) is 0 Å². The van der Waals surface area contributed by atoms with Crippen molar-refractivity contribution in [2.45, 2.75) is 45.5 Å². The molecule has 0 spiro atoms. The van der Waals surface area contributed by atoms with Crippen molar-refractivity contribution < 1.29 is 22.7 Å². The van der Waals surface area contributed by atoms with E-state index in [1.165, 1.54) is 12.1 Å². The highest BCUT2D eigenvalue weighted by atomic mass is 19.4. The van der Waals surface area contributed by atoms with Gasteiger partial charge < -0.3 is 15.4 Å². The normalized spacial score (nSPS) is 18.5. The number of hydrogen-bond acceptors (Lipinski definition) is 3. The lowest BCUT2D eigenvalue weighted by atomic mass is 9.98. The van der Waals surface area contributed by atoms with E-state index in [0.29, 0.717) is 6.54 Å². The molecule has 0 bridgehead atoms. The lowest BCUT2D eigenvalue weighted by Gasteiger charge is -2.22. The van der Waals surface area contributed by atoms with Crippen molar-refractivity contribution in [3.05, 3.63) is 29.3 Å². The third kappa shape index (κ3) is 5.12. The summed E-state index contributed by atoms with van der Waals surface area (Å²) in [6.07, 6.45) is -3.06.